The van der Waals surface area contributed by atoms with Gasteiger partial charge < -0.3 is 5.32 Å². The van der Waals surface area contributed by atoms with Gasteiger partial charge in [0.15, 0.2) is 0 Å². The van der Waals surface area contributed by atoms with Crippen molar-refractivity contribution in [2.24, 2.45) is 0 Å². The molecule has 0 radical (unpaired) electrons. The zero-order chi connectivity index (χ0) is 11.4. The van der Waals surface area contributed by atoms with E-state index >= 15 is 0 Å². The summed E-state index contributed by atoms with van der Waals surface area (Å²) in [5.74, 6) is -0.215. The largest absolute Gasteiger partial charge is 0.314 e. The second-order valence-electron chi connectivity index (χ2n) is 3.67. The van der Waals surface area contributed by atoms with Crippen molar-refractivity contribution in [3.8, 4) is 0 Å². The molecule has 1 aliphatic rings. The van der Waals surface area contributed by atoms with Gasteiger partial charge in [-0.25, -0.2) is 5.48 Å². The second-order valence-corrected chi connectivity index (χ2v) is 4.59. The molecular weight excluding hydrogens is 272 g/mol. The van der Waals surface area contributed by atoms with Crippen LogP contribution in [0.2, 0.25) is 0 Å². The molecule has 86 valence electrons. The maximum atomic E-state index is 11.7. The van der Waals surface area contributed by atoms with E-state index in [0.717, 1.165) is 24.0 Å². The number of rotatable bonds is 3. The maximum absolute atomic E-state index is 11.7. The van der Waals surface area contributed by atoms with Gasteiger partial charge in [-0.2, -0.15) is 0 Å². The Morgan fingerprint density at radius 2 is 2.44 bits per heavy atom. The van der Waals surface area contributed by atoms with Crippen molar-refractivity contribution in [3.63, 3.8) is 0 Å². The van der Waals surface area contributed by atoms with E-state index < -0.39 is 0 Å². The minimum Gasteiger partial charge on any atom is -0.314 e. The monoisotopic (exact) mass is 284 g/mol. The zero-order valence-corrected chi connectivity index (χ0v) is 10.3. The lowest BCUT2D eigenvalue weighted by Gasteiger charge is -2.10. The van der Waals surface area contributed by atoms with Crippen molar-refractivity contribution in [3.05, 3.63) is 34.3 Å². The van der Waals surface area contributed by atoms with Crippen LogP contribution in [-0.4, -0.2) is 25.1 Å². The summed E-state index contributed by atoms with van der Waals surface area (Å²) < 4.78 is 0.877. The van der Waals surface area contributed by atoms with Gasteiger partial charge in [0.25, 0.3) is 5.91 Å². The van der Waals surface area contributed by atoms with Gasteiger partial charge in [-0.3, -0.25) is 9.63 Å². The SMILES string of the molecule is O=C(NOC1CCNC1)c1cccc(Br)c1. The van der Waals surface area contributed by atoms with E-state index in [-0.39, 0.29) is 12.0 Å². The lowest BCUT2D eigenvalue weighted by molar-refractivity contribution is -0.00680. The van der Waals surface area contributed by atoms with Crippen LogP contribution in [0.5, 0.6) is 0 Å². The quantitative estimate of drug-likeness (QED) is 0.827. The summed E-state index contributed by atoms with van der Waals surface area (Å²) in [6, 6.07) is 7.19. The van der Waals surface area contributed by atoms with Crippen molar-refractivity contribution in [2.75, 3.05) is 13.1 Å². The Hall–Kier alpha value is -0.910. The van der Waals surface area contributed by atoms with Gasteiger partial charge >= 0.3 is 0 Å². The van der Waals surface area contributed by atoms with E-state index in [9.17, 15) is 4.79 Å². The smallest absolute Gasteiger partial charge is 0.274 e. The van der Waals surface area contributed by atoms with Crippen LogP contribution in [-0.2, 0) is 4.84 Å². The molecule has 5 heteroatoms. The molecule has 16 heavy (non-hydrogen) atoms. The van der Waals surface area contributed by atoms with Gasteiger partial charge in [0.1, 0.15) is 0 Å². The molecule has 2 rings (SSSR count). The number of hydroxylamine groups is 1. The van der Waals surface area contributed by atoms with Gasteiger partial charge in [-0.1, -0.05) is 22.0 Å². The van der Waals surface area contributed by atoms with Crippen molar-refractivity contribution < 1.29 is 9.63 Å². The first kappa shape index (κ1) is 11.6. The van der Waals surface area contributed by atoms with E-state index in [0.29, 0.717) is 5.56 Å². The van der Waals surface area contributed by atoms with Gasteiger partial charge in [0, 0.05) is 16.6 Å². The Bertz CT molecular complexity index is 378. The molecule has 0 aromatic heterocycles. The predicted octanol–water partition coefficient (Wildman–Crippen LogP) is 1.47. The molecule has 1 aromatic carbocycles. The summed E-state index contributed by atoms with van der Waals surface area (Å²) in [5, 5.41) is 3.16. The van der Waals surface area contributed by atoms with Crippen LogP contribution in [0, 0.1) is 0 Å². The number of amides is 1. The summed E-state index contributed by atoms with van der Waals surface area (Å²) in [7, 11) is 0. The van der Waals surface area contributed by atoms with E-state index in [1.54, 1.807) is 12.1 Å². The van der Waals surface area contributed by atoms with E-state index in [2.05, 4.69) is 26.7 Å². The third kappa shape index (κ3) is 3.04. The molecule has 0 aliphatic carbocycles. The maximum Gasteiger partial charge on any atom is 0.274 e. The molecule has 1 heterocycles. The first-order chi connectivity index (χ1) is 7.75. The number of hydrogen-bond acceptors (Lipinski definition) is 3. The summed E-state index contributed by atoms with van der Waals surface area (Å²) in [5.41, 5.74) is 3.05. The normalized spacial score (nSPS) is 19.7. The Labute approximate surface area is 102 Å². The molecule has 0 saturated carbocycles. The molecule has 1 atom stereocenters. The van der Waals surface area contributed by atoms with Crippen molar-refractivity contribution in [1.29, 1.82) is 0 Å². The molecular formula is C11H13BrN2O2. The molecule has 1 saturated heterocycles. The Kier molecular flexibility index (Phi) is 3.93. The third-order valence-corrected chi connectivity index (χ3v) is 2.91. The molecule has 1 aliphatic heterocycles. The van der Waals surface area contributed by atoms with E-state index in [1.807, 2.05) is 12.1 Å². The Balaban J connectivity index is 1.87. The van der Waals surface area contributed by atoms with Crippen LogP contribution in [0.3, 0.4) is 0 Å². The fourth-order valence-corrected chi connectivity index (χ4v) is 1.95. The van der Waals surface area contributed by atoms with E-state index in [1.165, 1.54) is 0 Å². The zero-order valence-electron chi connectivity index (χ0n) is 8.70. The number of hydrogen-bond donors (Lipinski definition) is 2. The minimum absolute atomic E-state index is 0.0797. The molecule has 2 N–H and O–H groups in total. The summed E-state index contributed by atoms with van der Waals surface area (Å²) in [6.07, 6.45) is 1.01. The third-order valence-electron chi connectivity index (χ3n) is 2.42. The topological polar surface area (TPSA) is 50.4 Å². The number of nitrogens with one attached hydrogen (secondary N) is 2. The van der Waals surface area contributed by atoms with Crippen LogP contribution >= 0.6 is 15.9 Å². The Morgan fingerprint density at radius 3 is 3.12 bits per heavy atom. The predicted molar refractivity (Wildman–Crippen MR) is 64.0 cm³/mol. The van der Waals surface area contributed by atoms with Crippen LogP contribution < -0.4 is 10.8 Å². The molecule has 1 fully saturated rings. The summed E-state index contributed by atoms with van der Waals surface area (Å²) >= 11 is 3.32. The first-order valence-corrected chi connectivity index (χ1v) is 5.97. The standard InChI is InChI=1S/C11H13BrN2O2/c12-9-3-1-2-8(6-9)11(15)14-16-10-4-5-13-7-10/h1-3,6,10,13H,4-5,7H2,(H,14,15). The molecule has 4 nitrogen and oxygen atoms in total. The second kappa shape index (κ2) is 5.43. The first-order valence-electron chi connectivity index (χ1n) is 5.18. The lowest BCUT2D eigenvalue weighted by atomic mass is 10.2. The van der Waals surface area contributed by atoms with Gasteiger partial charge in [-0.05, 0) is 31.2 Å². The number of halogens is 1. The van der Waals surface area contributed by atoms with Crippen LogP contribution in [0.1, 0.15) is 16.8 Å². The van der Waals surface area contributed by atoms with Gasteiger partial charge in [0.2, 0.25) is 0 Å². The fourth-order valence-electron chi connectivity index (χ4n) is 1.55. The molecule has 0 bridgehead atoms. The van der Waals surface area contributed by atoms with Crippen LogP contribution in [0.25, 0.3) is 0 Å². The highest BCUT2D eigenvalue weighted by Gasteiger charge is 2.16. The van der Waals surface area contributed by atoms with Crippen molar-refractivity contribution in [1.82, 2.24) is 10.8 Å². The lowest BCUT2D eigenvalue weighted by Crippen LogP contribution is -2.30. The molecule has 1 amide bonds. The van der Waals surface area contributed by atoms with Crippen LogP contribution in [0.4, 0.5) is 0 Å². The average molecular weight is 285 g/mol. The van der Waals surface area contributed by atoms with Crippen molar-refractivity contribution in [2.45, 2.75) is 12.5 Å². The number of carbonyl (C=O) groups is 1. The highest BCUT2D eigenvalue weighted by molar-refractivity contribution is 9.10. The summed E-state index contributed by atoms with van der Waals surface area (Å²) in [6.45, 7) is 1.73. The number of carbonyl (C=O) groups excluding carboxylic acids is 1. The summed E-state index contributed by atoms with van der Waals surface area (Å²) in [4.78, 5) is 17.0. The minimum atomic E-state index is -0.215. The highest BCUT2D eigenvalue weighted by atomic mass is 79.9. The fraction of sp³-hybridized carbons (Fsp3) is 0.364. The molecule has 1 aromatic rings. The highest BCUT2D eigenvalue weighted by Crippen LogP contribution is 2.11. The molecule has 0 spiro atoms. The number of benzene rings is 1. The van der Waals surface area contributed by atoms with Gasteiger partial charge in [0.05, 0.1) is 6.10 Å². The Morgan fingerprint density at radius 1 is 1.56 bits per heavy atom. The van der Waals surface area contributed by atoms with E-state index in [4.69, 9.17) is 4.84 Å². The average Bonchev–Trinajstić information content (AvgIpc) is 2.78. The van der Waals surface area contributed by atoms with Crippen LogP contribution in [0.15, 0.2) is 28.7 Å². The van der Waals surface area contributed by atoms with Gasteiger partial charge in [-0.15, -0.1) is 0 Å². The van der Waals surface area contributed by atoms with Crippen molar-refractivity contribution >= 4 is 21.8 Å². The molecule has 1 unspecified atom stereocenters.